The zero-order chi connectivity index (χ0) is 15.2. The smallest absolute Gasteiger partial charge is 0.389 e. The predicted octanol–water partition coefficient (Wildman–Crippen LogP) is 3.07. The summed E-state index contributed by atoms with van der Waals surface area (Å²) >= 11 is 5.04. The van der Waals surface area contributed by atoms with Crippen LogP contribution in [0, 0.1) is 5.41 Å². The summed E-state index contributed by atoms with van der Waals surface area (Å²) < 4.78 is 36.1. The van der Waals surface area contributed by atoms with Gasteiger partial charge in [-0.1, -0.05) is 37.9 Å². The number of alkyl halides is 3. The van der Waals surface area contributed by atoms with E-state index in [0.29, 0.717) is 12.8 Å². The van der Waals surface area contributed by atoms with Crippen LogP contribution >= 0.6 is 12.2 Å². The number of carbonyl (C=O) groups is 1. The van der Waals surface area contributed by atoms with Crippen LogP contribution in [0.25, 0.3) is 0 Å². The van der Waals surface area contributed by atoms with Crippen LogP contribution in [0.15, 0.2) is 0 Å². The van der Waals surface area contributed by atoms with Crippen LogP contribution in [0.1, 0.15) is 51.4 Å². The van der Waals surface area contributed by atoms with E-state index in [1.807, 2.05) is 0 Å². The Bertz CT molecular complexity index is 350. The fraction of sp³-hybridized carbons (Fsp3) is 0.846. The first kappa shape index (κ1) is 17.2. The number of rotatable bonds is 5. The van der Waals surface area contributed by atoms with Crippen molar-refractivity contribution in [1.29, 1.82) is 0 Å². The molecule has 0 aromatic rings. The molecule has 0 radical (unpaired) electrons. The van der Waals surface area contributed by atoms with Crippen molar-refractivity contribution in [2.75, 3.05) is 6.54 Å². The Morgan fingerprint density at radius 2 is 1.75 bits per heavy atom. The van der Waals surface area contributed by atoms with Crippen LogP contribution in [-0.4, -0.2) is 23.6 Å². The largest absolute Gasteiger partial charge is 0.392 e. The maximum Gasteiger partial charge on any atom is 0.389 e. The lowest BCUT2D eigenvalue weighted by Gasteiger charge is -2.30. The fourth-order valence-corrected chi connectivity index (χ4v) is 2.87. The molecule has 1 rings (SSSR count). The van der Waals surface area contributed by atoms with Crippen molar-refractivity contribution in [1.82, 2.24) is 5.32 Å². The standard InChI is InChI=1S/C13H21F3N2OS/c14-13(15,16)8-5-9-18-11(19)12(10(17)20)6-3-1-2-4-7-12/h1-9H2,(H2,17,20)(H,18,19). The minimum absolute atomic E-state index is 0.00269. The second-order valence-corrected chi connectivity index (χ2v) is 5.78. The van der Waals surface area contributed by atoms with Crippen molar-refractivity contribution in [3.63, 3.8) is 0 Å². The molecule has 0 saturated heterocycles. The SMILES string of the molecule is NC(=S)C1(C(=O)NCCCC(F)(F)F)CCCCCC1. The minimum Gasteiger partial charge on any atom is -0.392 e. The van der Waals surface area contributed by atoms with Crippen molar-refractivity contribution >= 4 is 23.1 Å². The number of nitrogens with two attached hydrogens (primary N) is 1. The monoisotopic (exact) mass is 310 g/mol. The van der Waals surface area contributed by atoms with E-state index in [1.54, 1.807) is 0 Å². The summed E-state index contributed by atoms with van der Waals surface area (Å²) in [6, 6.07) is 0. The van der Waals surface area contributed by atoms with Crippen LogP contribution in [0.5, 0.6) is 0 Å². The Morgan fingerprint density at radius 3 is 2.20 bits per heavy atom. The lowest BCUT2D eigenvalue weighted by molar-refractivity contribution is -0.137. The molecule has 1 aliphatic carbocycles. The second kappa shape index (κ2) is 7.24. The third kappa shape index (κ3) is 4.92. The van der Waals surface area contributed by atoms with Gasteiger partial charge in [-0.05, 0) is 19.3 Å². The first-order chi connectivity index (χ1) is 9.28. The summed E-state index contributed by atoms with van der Waals surface area (Å²) in [7, 11) is 0. The van der Waals surface area contributed by atoms with Crippen molar-refractivity contribution < 1.29 is 18.0 Å². The number of amides is 1. The van der Waals surface area contributed by atoms with Crippen LogP contribution < -0.4 is 11.1 Å². The molecular formula is C13H21F3N2OS. The van der Waals surface area contributed by atoms with E-state index in [-0.39, 0.29) is 23.9 Å². The number of halogens is 3. The molecule has 3 nitrogen and oxygen atoms in total. The number of thiocarbonyl (C=S) groups is 1. The summed E-state index contributed by atoms with van der Waals surface area (Å²) in [5.41, 5.74) is 4.87. The maximum absolute atomic E-state index is 12.3. The van der Waals surface area contributed by atoms with E-state index >= 15 is 0 Å². The Hall–Kier alpha value is -0.850. The average molecular weight is 310 g/mol. The highest BCUT2D eigenvalue weighted by molar-refractivity contribution is 7.80. The van der Waals surface area contributed by atoms with Crippen LogP contribution in [0.3, 0.4) is 0 Å². The predicted molar refractivity (Wildman–Crippen MR) is 75.2 cm³/mol. The van der Waals surface area contributed by atoms with Gasteiger partial charge >= 0.3 is 6.18 Å². The van der Waals surface area contributed by atoms with E-state index in [9.17, 15) is 18.0 Å². The summed E-state index contributed by atoms with van der Waals surface area (Å²) in [6.07, 6.45) is -0.219. The molecule has 0 bridgehead atoms. The molecule has 3 N–H and O–H groups in total. The fourth-order valence-electron chi connectivity index (χ4n) is 2.58. The van der Waals surface area contributed by atoms with Crippen LogP contribution in [0.4, 0.5) is 13.2 Å². The van der Waals surface area contributed by atoms with Gasteiger partial charge in [0.25, 0.3) is 0 Å². The van der Waals surface area contributed by atoms with Crippen molar-refractivity contribution in [3.05, 3.63) is 0 Å². The Labute approximate surface area is 122 Å². The van der Waals surface area contributed by atoms with Crippen molar-refractivity contribution in [2.45, 2.75) is 57.5 Å². The van der Waals surface area contributed by atoms with Gasteiger partial charge in [0.1, 0.15) is 0 Å². The lowest BCUT2D eigenvalue weighted by Crippen LogP contribution is -2.49. The third-order valence-electron chi connectivity index (χ3n) is 3.79. The number of hydrogen-bond acceptors (Lipinski definition) is 2. The van der Waals surface area contributed by atoms with Crippen LogP contribution in [0.2, 0.25) is 0 Å². The molecule has 0 unspecified atom stereocenters. The highest BCUT2D eigenvalue weighted by Gasteiger charge is 2.41. The van der Waals surface area contributed by atoms with Crippen molar-refractivity contribution in [2.24, 2.45) is 11.1 Å². The van der Waals surface area contributed by atoms with Gasteiger partial charge in [0.05, 0.1) is 10.4 Å². The molecule has 0 atom stereocenters. The summed E-state index contributed by atoms with van der Waals surface area (Å²) in [5, 5.41) is 2.57. The molecule has 116 valence electrons. The first-order valence-electron chi connectivity index (χ1n) is 6.93. The van der Waals surface area contributed by atoms with Gasteiger partial charge in [0.2, 0.25) is 5.91 Å². The third-order valence-corrected chi connectivity index (χ3v) is 4.18. The lowest BCUT2D eigenvalue weighted by atomic mass is 9.79. The summed E-state index contributed by atoms with van der Waals surface area (Å²) in [4.78, 5) is 12.4. The van der Waals surface area contributed by atoms with E-state index in [0.717, 1.165) is 25.7 Å². The molecule has 0 aliphatic heterocycles. The quantitative estimate of drug-likeness (QED) is 0.466. The molecule has 0 heterocycles. The van der Waals surface area contributed by atoms with Gasteiger partial charge in [-0.15, -0.1) is 0 Å². The molecule has 0 spiro atoms. The first-order valence-corrected chi connectivity index (χ1v) is 7.34. The molecule has 1 amide bonds. The highest BCUT2D eigenvalue weighted by atomic mass is 32.1. The molecule has 0 aromatic carbocycles. The van der Waals surface area contributed by atoms with E-state index in [2.05, 4.69) is 5.32 Å². The van der Waals surface area contributed by atoms with Gasteiger partial charge in [0, 0.05) is 13.0 Å². The molecule has 1 aliphatic rings. The highest BCUT2D eigenvalue weighted by Crippen LogP contribution is 2.35. The molecular weight excluding hydrogens is 289 g/mol. The topological polar surface area (TPSA) is 55.1 Å². The summed E-state index contributed by atoms with van der Waals surface area (Å²) in [6.45, 7) is 0.00269. The molecule has 1 fully saturated rings. The van der Waals surface area contributed by atoms with Gasteiger partial charge < -0.3 is 11.1 Å². The van der Waals surface area contributed by atoms with E-state index in [4.69, 9.17) is 18.0 Å². The average Bonchev–Trinajstić information content (AvgIpc) is 2.59. The van der Waals surface area contributed by atoms with Gasteiger partial charge in [0.15, 0.2) is 0 Å². The van der Waals surface area contributed by atoms with Crippen LogP contribution in [-0.2, 0) is 4.79 Å². The molecule has 7 heteroatoms. The molecule has 0 aromatic heterocycles. The van der Waals surface area contributed by atoms with Crippen molar-refractivity contribution in [3.8, 4) is 0 Å². The normalized spacial score (nSPS) is 19.1. The number of hydrogen-bond donors (Lipinski definition) is 2. The van der Waals surface area contributed by atoms with Gasteiger partial charge in [-0.2, -0.15) is 13.2 Å². The molecule has 1 saturated carbocycles. The van der Waals surface area contributed by atoms with E-state index < -0.39 is 18.0 Å². The number of nitrogens with one attached hydrogen (secondary N) is 1. The zero-order valence-corrected chi connectivity index (χ0v) is 12.2. The Kier molecular flexibility index (Phi) is 6.23. The van der Waals surface area contributed by atoms with Gasteiger partial charge in [-0.3, -0.25) is 4.79 Å². The molecule has 20 heavy (non-hydrogen) atoms. The Balaban J connectivity index is 2.54. The second-order valence-electron chi connectivity index (χ2n) is 5.34. The summed E-state index contributed by atoms with van der Waals surface area (Å²) in [5.74, 6) is -0.311. The minimum atomic E-state index is -4.19. The number of carbonyl (C=O) groups excluding carboxylic acids is 1. The van der Waals surface area contributed by atoms with Gasteiger partial charge in [-0.25, -0.2) is 0 Å². The zero-order valence-electron chi connectivity index (χ0n) is 11.4. The maximum atomic E-state index is 12.3. The van der Waals surface area contributed by atoms with E-state index in [1.165, 1.54) is 0 Å². The Morgan fingerprint density at radius 1 is 1.20 bits per heavy atom.